The molecule has 0 amide bonds. The van der Waals surface area contributed by atoms with Gasteiger partial charge in [-0.1, -0.05) is 13.8 Å². The first-order valence-corrected chi connectivity index (χ1v) is 5.08. The predicted molar refractivity (Wildman–Crippen MR) is 52.2 cm³/mol. The van der Waals surface area contributed by atoms with Gasteiger partial charge in [-0.15, -0.1) is 0 Å². The highest BCUT2D eigenvalue weighted by molar-refractivity contribution is 5.76. The smallest absolute Gasteiger partial charge is 0.391 e. The Morgan fingerprint density at radius 3 is 2.18 bits per heavy atom. The molecule has 0 saturated heterocycles. The van der Waals surface area contributed by atoms with E-state index in [2.05, 4.69) is 4.74 Å². The van der Waals surface area contributed by atoms with E-state index in [0.29, 0.717) is 0 Å². The van der Waals surface area contributed by atoms with E-state index < -0.39 is 30.0 Å². The lowest BCUT2D eigenvalue weighted by atomic mass is 9.96. The van der Waals surface area contributed by atoms with Crippen LogP contribution in [-0.4, -0.2) is 29.8 Å². The maximum atomic E-state index is 12.3. The molecular formula is C10H15F3O4. The summed E-state index contributed by atoms with van der Waals surface area (Å²) in [7, 11) is 0. The number of alkyl halides is 3. The van der Waals surface area contributed by atoms with E-state index in [1.807, 2.05) is 0 Å². The minimum Gasteiger partial charge on any atom is -0.481 e. The van der Waals surface area contributed by atoms with Crippen molar-refractivity contribution in [1.29, 1.82) is 0 Å². The zero-order chi connectivity index (χ0) is 13.6. The van der Waals surface area contributed by atoms with Crippen LogP contribution in [0.4, 0.5) is 13.2 Å². The fourth-order valence-electron chi connectivity index (χ4n) is 0.973. The third-order valence-electron chi connectivity index (χ3n) is 2.42. The van der Waals surface area contributed by atoms with Gasteiger partial charge in [0.25, 0.3) is 0 Å². The average molecular weight is 256 g/mol. The molecule has 0 heterocycles. The van der Waals surface area contributed by atoms with Gasteiger partial charge in [0.15, 0.2) is 0 Å². The van der Waals surface area contributed by atoms with Gasteiger partial charge in [-0.3, -0.25) is 9.59 Å². The molecule has 0 aromatic rings. The van der Waals surface area contributed by atoms with E-state index in [1.54, 1.807) is 0 Å². The second kappa shape index (κ2) is 6.46. The van der Waals surface area contributed by atoms with Crippen LogP contribution in [0.5, 0.6) is 0 Å². The van der Waals surface area contributed by atoms with Gasteiger partial charge in [0.1, 0.15) is 0 Å². The van der Waals surface area contributed by atoms with Gasteiger partial charge in [-0.25, -0.2) is 0 Å². The monoisotopic (exact) mass is 256 g/mol. The van der Waals surface area contributed by atoms with Gasteiger partial charge in [0.2, 0.25) is 0 Å². The van der Waals surface area contributed by atoms with Crippen molar-refractivity contribution in [3.63, 3.8) is 0 Å². The number of carboxylic acid groups (broad SMARTS) is 1. The van der Waals surface area contributed by atoms with Crippen LogP contribution in [-0.2, 0) is 14.3 Å². The Kier molecular flexibility index (Phi) is 5.98. The molecule has 0 aliphatic carbocycles. The zero-order valence-electron chi connectivity index (χ0n) is 9.58. The van der Waals surface area contributed by atoms with E-state index >= 15 is 0 Å². The van der Waals surface area contributed by atoms with Gasteiger partial charge in [-0.05, 0) is 0 Å². The summed E-state index contributed by atoms with van der Waals surface area (Å²) >= 11 is 0. The van der Waals surface area contributed by atoms with E-state index in [-0.39, 0.29) is 19.4 Å². The van der Waals surface area contributed by atoms with Crippen molar-refractivity contribution >= 4 is 11.9 Å². The molecule has 1 N–H and O–H groups in total. The van der Waals surface area contributed by atoms with Crippen molar-refractivity contribution in [3.8, 4) is 0 Å². The minimum absolute atomic E-state index is 0.331. The van der Waals surface area contributed by atoms with Crippen molar-refractivity contribution < 1.29 is 32.6 Å². The molecule has 2 unspecified atom stereocenters. The Morgan fingerprint density at radius 2 is 1.76 bits per heavy atom. The Hall–Kier alpha value is -1.27. The first kappa shape index (κ1) is 15.7. The van der Waals surface area contributed by atoms with Gasteiger partial charge in [0.05, 0.1) is 25.4 Å². The number of hydrogen-bond donors (Lipinski definition) is 1. The number of carboxylic acids is 1. The molecular weight excluding hydrogens is 241 g/mol. The highest BCUT2D eigenvalue weighted by Crippen LogP contribution is 2.31. The standard InChI is InChI=1S/C10H15F3O4/c1-6(7(2)10(11,12)13)5-17-9(16)4-3-8(14)15/h6-7H,3-5H2,1-2H3,(H,14,15). The summed E-state index contributed by atoms with van der Waals surface area (Å²) in [5.74, 6) is -4.38. The molecule has 0 saturated carbocycles. The average Bonchev–Trinajstić information content (AvgIpc) is 2.20. The maximum Gasteiger partial charge on any atom is 0.391 e. The van der Waals surface area contributed by atoms with Crippen LogP contribution in [0.2, 0.25) is 0 Å². The largest absolute Gasteiger partial charge is 0.481 e. The zero-order valence-corrected chi connectivity index (χ0v) is 9.58. The molecule has 0 rings (SSSR count). The number of ether oxygens (including phenoxy) is 1. The van der Waals surface area contributed by atoms with Crippen LogP contribution in [0.15, 0.2) is 0 Å². The predicted octanol–water partition coefficient (Wildman–Crippen LogP) is 2.23. The maximum absolute atomic E-state index is 12.3. The molecule has 17 heavy (non-hydrogen) atoms. The molecule has 0 radical (unpaired) electrons. The summed E-state index contributed by atoms with van der Waals surface area (Å²) in [5.41, 5.74) is 0. The van der Waals surface area contributed by atoms with Gasteiger partial charge in [0, 0.05) is 5.92 Å². The normalized spacial score (nSPS) is 15.1. The Bertz CT molecular complexity index is 275. The summed E-state index contributed by atoms with van der Waals surface area (Å²) < 4.78 is 41.3. The lowest BCUT2D eigenvalue weighted by Gasteiger charge is -2.22. The van der Waals surface area contributed by atoms with Crippen LogP contribution >= 0.6 is 0 Å². The Morgan fingerprint density at radius 1 is 1.24 bits per heavy atom. The van der Waals surface area contributed by atoms with E-state index in [9.17, 15) is 22.8 Å². The highest BCUT2D eigenvalue weighted by atomic mass is 19.4. The SMILES string of the molecule is CC(COC(=O)CCC(=O)O)C(C)C(F)(F)F. The van der Waals surface area contributed by atoms with Crippen LogP contribution in [0, 0.1) is 11.8 Å². The summed E-state index contributed by atoms with van der Waals surface area (Å²) in [5, 5.41) is 8.28. The fraction of sp³-hybridized carbons (Fsp3) is 0.800. The first-order valence-electron chi connectivity index (χ1n) is 5.08. The van der Waals surface area contributed by atoms with Crippen molar-refractivity contribution in [2.24, 2.45) is 11.8 Å². The summed E-state index contributed by atoms with van der Waals surface area (Å²) in [6.45, 7) is 1.97. The van der Waals surface area contributed by atoms with Gasteiger partial charge in [-0.2, -0.15) is 13.2 Å². The summed E-state index contributed by atoms with van der Waals surface area (Å²) in [4.78, 5) is 21.1. The highest BCUT2D eigenvalue weighted by Gasteiger charge is 2.39. The minimum atomic E-state index is -4.33. The Labute approximate surface area is 96.8 Å². The number of rotatable bonds is 6. The van der Waals surface area contributed by atoms with Crippen molar-refractivity contribution in [3.05, 3.63) is 0 Å². The van der Waals surface area contributed by atoms with Crippen molar-refractivity contribution in [1.82, 2.24) is 0 Å². The molecule has 0 fully saturated rings. The Balaban J connectivity index is 3.95. The number of aliphatic carboxylic acids is 1. The number of carbonyl (C=O) groups is 2. The molecule has 7 heteroatoms. The van der Waals surface area contributed by atoms with Crippen molar-refractivity contribution in [2.75, 3.05) is 6.61 Å². The molecule has 0 spiro atoms. The number of hydrogen-bond acceptors (Lipinski definition) is 3. The first-order chi connectivity index (χ1) is 7.64. The summed E-state index contributed by atoms with van der Waals surface area (Å²) in [6, 6.07) is 0. The molecule has 0 aromatic heterocycles. The molecule has 2 atom stereocenters. The number of carbonyl (C=O) groups excluding carboxylic acids is 1. The third kappa shape index (κ3) is 6.80. The second-order valence-electron chi connectivity index (χ2n) is 3.88. The topological polar surface area (TPSA) is 63.6 Å². The van der Waals surface area contributed by atoms with Crippen LogP contribution in [0.3, 0.4) is 0 Å². The van der Waals surface area contributed by atoms with Crippen LogP contribution in [0.1, 0.15) is 26.7 Å². The molecule has 4 nitrogen and oxygen atoms in total. The van der Waals surface area contributed by atoms with Gasteiger partial charge >= 0.3 is 18.1 Å². The molecule has 100 valence electrons. The van der Waals surface area contributed by atoms with Crippen LogP contribution in [0.25, 0.3) is 0 Å². The number of esters is 1. The quantitative estimate of drug-likeness (QED) is 0.740. The van der Waals surface area contributed by atoms with E-state index in [0.717, 1.165) is 6.92 Å². The summed E-state index contributed by atoms with van der Waals surface area (Å²) in [6.07, 6.45) is -5.04. The van der Waals surface area contributed by atoms with Crippen molar-refractivity contribution in [2.45, 2.75) is 32.9 Å². The molecule has 0 aliphatic heterocycles. The van der Waals surface area contributed by atoms with Crippen LogP contribution < -0.4 is 0 Å². The molecule has 0 bridgehead atoms. The third-order valence-corrected chi connectivity index (χ3v) is 2.42. The molecule has 0 aromatic carbocycles. The van der Waals surface area contributed by atoms with E-state index in [1.165, 1.54) is 6.92 Å². The van der Waals surface area contributed by atoms with E-state index in [4.69, 9.17) is 5.11 Å². The lowest BCUT2D eigenvalue weighted by molar-refractivity contribution is -0.188. The molecule has 0 aliphatic rings. The lowest BCUT2D eigenvalue weighted by Crippen LogP contribution is -2.29. The van der Waals surface area contributed by atoms with Gasteiger partial charge < -0.3 is 9.84 Å². The second-order valence-corrected chi connectivity index (χ2v) is 3.88. The fourth-order valence-corrected chi connectivity index (χ4v) is 0.973. The number of halogens is 3.